The molecule has 0 bridgehead atoms. The first-order valence-electron chi connectivity index (χ1n) is 10.5. The van der Waals surface area contributed by atoms with E-state index in [0.29, 0.717) is 18.3 Å². The van der Waals surface area contributed by atoms with Crippen LogP contribution in [0.1, 0.15) is 36.6 Å². The highest BCUT2D eigenvalue weighted by Crippen LogP contribution is 2.30. The maximum atomic E-state index is 9.56. The molecule has 0 aliphatic carbocycles. The molecule has 1 aliphatic rings. The molecule has 0 spiro atoms. The second kappa shape index (κ2) is 9.86. The topological polar surface area (TPSA) is 74.3 Å². The molecule has 1 saturated heterocycles. The summed E-state index contributed by atoms with van der Waals surface area (Å²) in [4.78, 5) is 6.85. The Morgan fingerprint density at radius 3 is 2.48 bits per heavy atom. The first-order valence-corrected chi connectivity index (χ1v) is 10.8. The summed E-state index contributed by atoms with van der Waals surface area (Å²) in [6.45, 7) is 2.70. The fourth-order valence-electron chi connectivity index (χ4n) is 3.93. The summed E-state index contributed by atoms with van der Waals surface area (Å²) in [5, 5.41) is 13.6. The van der Waals surface area contributed by atoms with Crippen molar-refractivity contribution in [2.75, 3.05) is 32.1 Å². The smallest absolute Gasteiger partial charge is 0.232 e. The molecule has 0 amide bonds. The number of nitriles is 1. The number of anilines is 1. The number of nitrogens with one attached hydrogen (secondary N) is 1. The standard InChI is InChI=1S/C24H25ClN4O2/c1-30-20-11-7-18(8-12-20)23-28-21(15-26)24(31-23)27-16-22(29-13-3-2-4-14-29)17-5-9-19(25)10-6-17/h5-12,22,27H,2-4,13-14,16H2,1H3/t22-/m1/s1. The molecular formula is C24H25ClN4O2. The van der Waals surface area contributed by atoms with Gasteiger partial charge in [-0.05, 0) is 67.9 Å². The van der Waals surface area contributed by atoms with Crippen LogP contribution < -0.4 is 10.1 Å². The van der Waals surface area contributed by atoms with Gasteiger partial charge in [0.15, 0.2) is 0 Å². The summed E-state index contributed by atoms with van der Waals surface area (Å²) in [5.74, 6) is 1.55. The van der Waals surface area contributed by atoms with Gasteiger partial charge in [-0.3, -0.25) is 4.90 Å². The monoisotopic (exact) mass is 436 g/mol. The van der Waals surface area contributed by atoms with Gasteiger partial charge in [0.25, 0.3) is 0 Å². The molecule has 3 aromatic rings. The Labute approximate surface area is 187 Å². The quantitative estimate of drug-likeness (QED) is 0.526. The number of likely N-dealkylation sites (tertiary alicyclic amines) is 1. The van der Waals surface area contributed by atoms with Crippen molar-refractivity contribution in [1.29, 1.82) is 5.26 Å². The van der Waals surface area contributed by atoms with Gasteiger partial charge in [0, 0.05) is 17.1 Å². The van der Waals surface area contributed by atoms with E-state index in [9.17, 15) is 5.26 Å². The maximum absolute atomic E-state index is 9.56. The normalized spacial score (nSPS) is 15.3. The zero-order chi connectivity index (χ0) is 21.6. The first kappa shape index (κ1) is 21.2. The predicted molar refractivity (Wildman–Crippen MR) is 121 cm³/mol. The van der Waals surface area contributed by atoms with E-state index < -0.39 is 0 Å². The third-order valence-electron chi connectivity index (χ3n) is 5.61. The Hall–Kier alpha value is -3.01. The van der Waals surface area contributed by atoms with Crippen LogP contribution in [-0.4, -0.2) is 36.6 Å². The van der Waals surface area contributed by atoms with Gasteiger partial charge in [0.2, 0.25) is 17.5 Å². The second-order valence-corrected chi connectivity index (χ2v) is 8.02. The highest BCUT2D eigenvalue weighted by molar-refractivity contribution is 6.30. The molecule has 0 saturated carbocycles. The fraction of sp³-hybridized carbons (Fsp3) is 0.333. The van der Waals surface area contributed by atoms with Crippen LogP contribution in [0.3, 0.4) is 0 Å². The Morgan fingerprint density at radius 2 is 1.84 bits per heavy atom. The van der Waals surface area contributed by atoms with Gasteiger partial charge in [-0.25, -0.2) is 0 Å². The number of methoxy groups -OCH3 is 1. The van der Waals surface area contributed by atoms with Crippen LogP contribution in [0.15, 0.2) is 52.9 Å². The average Bonchev–Trinajstić information content (AvgIpc) is 3.24. The molecule has 1 fully saturated rings. The Bertz CT molecular complexity index is 1030. The fourth-order valence-corrected chi connectivity index (χ4v) is 4.06. The van der Waals surface area contributed by atoms with Crippen LogP contribution in [0.25, 0.3) is 11.5 Å². The molecule has 2 heterocycles. The summed E-state index contributed by atoms with van der Waals surface area (Å²) in [5.41, 5.74) is 2.22. The second-order valence-electron chi connectivity index (χ2n) is 7.58. The molecule has 160 valence electrons. The lowest BCUT2D eigenvalue weighted by Gasteiger charge is -2.35. The van der Waals surface area contributed by atoms with Crippen molar-refractivity contribution in [3.63, 3.8) is 0 Å². The third-order valence-corrected chi connectivity index (χ3v) is 5.86. The van der Waals surface area contributed by atoms with E-state index in [0.717, 1.165) is 29.4 Å². The number of oxazole rings is 1. The molecule has 1 aliphatic heterocycles. The number of hydrogen-bond donors (Lipinski definition) is 1. The lowest BCUT2D eigenvalue weighted by atomic mass is 10.0. The lowest BCUT2D eigenvalue weighted by molar-refractivity contribution is 0.170. The largest absolute Gasteiger partial charge is 0.497 e. The molecule has 0 radical (unpaired) electrons. The van der Waals surface area contributed by atoms with Crippen LogP contribution in [0.2, 0.25) is 5.02 Å². The van der Waals surface area contributed by atoms with Crippen LogP contribution in [0.4, 0.5) is 5.88 Å². The van der Waals surface area contributed by atoms with Gasteiger partial charge in [-0.15, -0.1) is 0 Å². The molecule has 7 heteroatoms. The Balaban J connectivity index is 1.55. The van der Waals surface area contributed by atoms with E-state index in [1.54, 1.807) is 7.11 Å². The van der Waals surface area contributed by atoms with E-state index in [1.165, 1.54) is 24.8 Å². The number of halogens is 1. The number of benzene rings is 2. The van der Waals surface area contributed by atoms with Crippen LogP contribution >= 0.6 is 11.6 Å². The van der Waals surface area contributed by atoms with E-state index in [1.807, 2.05) is 36.4 Å². The molecule has 4 rings (SSSR count). The van der Waals surface area contributed by atoms with Gasteiger partial charge in [-0.2, -0.15) is 10.2 Å². The lowest BCUT2D eigenvalue weighted by Crippen LogP contribution is -2.37. The average molecular weight is 437 g/mol. The van der Waals surface area contributed by atoms with Crippen LogP contribution in [0.5, 0.6) is 5.75 Å². The number of rotatable bonds is 7. The molecule has 1 atom stereocenters. The molecule has 1 aromatic heterocycles. The van der Waals surface area contributed by atoms with Gasteiger partial charge in [-0.1, -0.05) is 30.2 Å². The van der Waals surface area contributed by atoms with Gasteiger partial charge >= 0.3 is 0 Å². The predicted octanol–water partition coefficient (Wildman–Crippen LogP) is 5.51. The molecule has 1 N–H and O–H groups in total. The summed E-state index contributed by atoms with van der Waals surface area (Å²) >= 11 is 6.10. The molecule has 31 heavy (non-hydrogen) atoms. The molecule has 6 nitrogen and oxygen atoms in total. The van der Waals surface area contributed by atoms with Gasteiger partial charge in [0.05, 0.1) is 13.2 Å². The van der Waals surface area contributed by atoms with Crippen LogP contribution in [-0.2, 0) is 0 Å². The summed E-state index contributed by atoms with van der Waals surface area (Å²) < 4.78 is 11.1. The van der Waals surface area contributed by atoms with E-state index in [4.69, 9.17) is 20.8 Å². The highest BCUT2D eigenvalue weighted by Gasteiger charge is 2.24. The summed E-state index contributed by atoms with van der Waals surface area (Å²) in [6.07, 6.45) is 3.65. The molecule has 0 unspecified atom stereocenters. The van der Waals surface area contributed by atoms with Crippen molar-refractivity contribution in [3.8, 4) is 23.3 Å². The first-order chi connectivity index (χ1) is 15.2. The molecule has 2 aromatic carbocycles. The van der Waals surface area contributed by atoms with Gasteiger partial charge in [0.1, 0.15) is 11.8 Å². The Morgan fingerprint density at radius 1 is 1.13 bits per heavy atom. The minimum Gasteiger partial charge on any atom is -0.497 e. The third kappa shape index (κ3) is 5.01. The number of aromatic nitrogens is 1. The zero-order valence-electron chi connectivity index (χ0n) is 17.5. The molecular weight excluding hydrogens is 412 g/mol. The maximum Gasteiger partial charge on any atom is 0.232 e. The number of ether oxygens (including phenoxy) is 1. The van der Waals surface area contributed by atoms with Crippen molar-refractivity contribution in [2.24, 2.45) is 0 Å². The minimum absolute atomic E-state index is 0.152. The SMILES string of the molecule is COc1ccc(-c2nc(C#N)c(NC[C@H](c3ccc(Cl)cc3)N3CCCCC3)o2)cc1. The van der Waals surface area contributed by atoms with Crippen molar-refractivity contribution in [1.82, 2.24) is 9.88 Å². The van der Waals surface area contributed by atoms with Crippen molar-refractivity contribution >= 4 is 17.5 Å². The van der Waals surface area contributed by atoms with Crippen molar-refractivity contribution < 1.29 is 9.15 Å². The Kier molecular flexibility index (Phi) is 6.76. The van der Waals surface area contributed by atoms with Crippen molar-refractivity contribution in [3.05, 3.63) is 64.8 Å². The number of nitrogens with zero attached hydrogens (tertiary/aromatic N) is 3. The van der Waals surface area contributed by atoms with Crippen molar-refractivity contribution in [2.45, 2.75) is 25.3 Å². The van der Waals surface area contributed by atoms with Crippen LogP contribution in [0, 0.1) is 11.3 Å². The van der Waals surface area contributed by atoms with E-state index >= 15 is 0 Å². The highest BCUT2D eigenvalue weighted by atomic mass is 35.5. The summed E-state index contributed by atoms with van der Waals surface area (Å²) in [7, 11) is 1.62. The number of piperidine rings is 1. The van der Waals surface area contributed by atoms with E-state index in [2.05, 4.69) is 33.4 Å². The van der Waals surface area contributed by atoms with E-state index in [-0.39, 0.29) is 11.7 Å². The summed E-state index contributed by atoms with van der Waals surface area (Å²) in [6, 6.07) is 17.7. The number of hydrogen-bond acceptors (Lipinski definition) is 6. The minimum atomic E-state index is 0.152. The van der Waals surface area contributed by atoms with Gasteiger partial charge < -0.3 is 14.5 Å². The zero-order valence-corrected chi connectivity index (χ0v) is 18.2.